The van der Waals surface area contributed by atoms with Crippen LogP contribution in [0.25, 0.3) is 0 Å². The van der Waals surface area contributed by atoms with Gasteiger partial charge in [0, 0.05) is 24.6 Å². The Balaban J connectivity index is 1.81. The first-order valence-corrected chi connectivity index (χ1v) is 8.07. The molecule has 27 heavy (non-hydrogen) atoms. The second-order valence-corrected chi connectivity index (χ2v) is 5.87. The molecular weight excluding hydrogens is 355 g/mol. The first-order valence-electron chi connectivity index (χ1n) is 8.07. The molecule has 0 spiro atoms. The van der Waals surface area contributed by atoms with Gasteiger partial charge in [0.15, 0.2) is 0 Å². The third-order valence-corrected chi connectivity index (χ3v) is 3.91. The number of carbonyl (C=O) groups excluding carboxylic acids is 1. The Morgan fingerprint density at radius 1 is 0.963 bits per heavy atom. The summed E-state index contributed by atoms with van der Waals surface area (Å²) in [5.74, 6) is -0.276. The van der Waals surface area contributed by atoms with Crippen LogP contribution >= 0.6 is 0 Å². The number of rotatable bonds is 4. The van der Waals surface area contributed by atoms with Gasteiger partial charge in [-0.3, -0.25) is 9.78 Å². The molecule has 1 amide bonds. The van der Waals surface area contributed by atoms with Crippen LogP contribution in [0.3, 0.4) is 0 Å². The summed E-state index contributed by atoms with van der Waals surface area (Å²) in [7, 11) is 1.64. The lowest BCUT2D eigenvalue weighted by Gasteiger charge is -2.17. The fourth-order valence-electron chi connectivity index (χ4n) is 2.53. The van der Waals surface area contributed by atoms with E-state index in [1.54, 1.807) is 25.2 Å². The number of nitrogens with one attached hydrogen (secondary N) is 1. The second kappa shape index (κ2) is 7.49. The maximum absolute atomic E-state index is 12.8. The SMILES string of the molecule is CN(C(=O)c1cncc(Nc2cccc(C(F)(F)F)c2)c1)c1ccccc1. The summed E-state index contributed by atoms with van der Waals surface area (Å²) in [5, 5.41) is 2.86. The Labute approximate surface area is 154 Å². The Morgan fingerprint density at radius 2 is 1.70 bits per heavy atom. The number of hydrogen-bond acceptors (Lipinski definition) is 3. The molecule has 7 heteroatoms. The molecule has 138 valence electrons. The van der Waals surface area contributed by atoms with Gasteiger partial charge in [0.2, 0.25) is 0 Å². The maximum Gasteiger partial charge on any atom is 0.416 e. The molecule has 3 aromatic rings. The Kier molecular flexibility index (Phi) is 5.12. The van der Waals surface area contributed by atoms with Crippen molar-refractivity contribution in [2.24, 2.45) is 0 Å². The van der Waals surface area contributed by atoms with Gasteiger partial charge in [-0.15, -0.1) is 0 Å². The quantitative estimate of drug-likeness (QED) is 0.692. The smallest absolute Gasteiger partial charge is 0.354 e. The van der Waals surface area contributed by atoms with Crippen molar-refractivity contribution in [1.29, 1.82) is 0 Å². The molecule has 0 atom stereocenters. The molecule has 0 fully saturated rings. The van der Waals surface area contributed by atoms with E-state index in [0.29, 0.717) is 11.3 Å². The van der Waals surface area contributed by atoms with Crippen LogP contribution in [0.2, 0.25) is 0 Å². The Bertz CT molecular complexity index is 942. The van der Waals surface area contributed by atoms with Crippen molar-refractivity contribution in [1.82, 2.24) is 4.98 Å². The van der Waals surface area contributed by atoms with Gasteiger partial charge >= 0.3 is 6.18 Å². The summed E-state index contributed by atoms with van der Waals surface area (Å²) >= 11 is 0. The van der Waals surface area contributed by atoms with Gasteiger partial charge in [0.25, 0.3) is 5.91 Å². The largest absolute Gasteiger partial charge is 0.416 e. The first-order chi connectivity index (χ1) is 12.8. The van der Waals surface area contributed by atoms with Gasteiger partial charge in [0.1, 0.15) is 0 Å². The molecule has 0 unspecified atom stereocenters. The molecule has 0 bridgehead atoms. The van der Waals surface area contributed by atoms with Crippen LogP contribution < -0.4 is 10.2 Å². The molecule has 2 aromatic carbocycles. The highest BCUT2D eigenvalue weighted by Crippen LogP contribution is 2.31. The summed E-state index contributed by atoms with van der Waals surface area (Å²) in [6, 6.07) is 15.5. The molecule has 3 rings (SSSR count). The predicted octanol–water partition coefficient (Wildman–Crippen LogP) is 5.12. The number of anilines is 3. The van der Waals surface area contributed by atoms with Crippen LogP contribution in [0.1, 0.15) is 15.9 Å². The zero-order valence-corrected chi connectivity index (χ0v) is 14.4. The standard InChI is InChI=1S/C20H16F3N3O/c1-26(18-8-3-2-4-9-18)19(27)14-10-17(13-24-12-14)25-16-7-5-6-15(11-16)20(21,22)23/h2-13,25H,1H3. The number of para-hydroxylation sites is 1. The lowest BCUT2D eigenvalue weighted by atomic mass is 10.2. The van der Waals surface area contributed by atoms with Gasteiger partial charge in [-0.2, -0.15) is 13.2 Å². The minimum atomic E-state index is -4.42. The highest BCUT2D eigenvalue weighted by molar-refractivity contribution is 6.06. The number of aromatic nitrogens is 1. The van der Waals surface area contributed by atoms with Gasteiger partial charge in [-0.1, -0.05) is 24.3 Å². The minimum Gasteiger partial charge on any atom is -0.354 e. The van der Waals surface area contributed by atoms with Crippen molar-refractivity contribution < 1.29 is 18.0 Å². The van der Waals surface area contributed by atoms with Crippen LogP contribution in [0.5, 0.6) is 0 Å². The molecule has 0 aliphatic rings. The highest BCUT2D eigenvalue weighted by atomic mass is 19.4. The van der Waals surface area contributed by atoms with Gasteiger partial charge in [0.05, 0.1) is 23.0 Å². The van der Waals surface area contributed by atoms with E-state index < -0.39 is 11.7 Å². The monoisotopic (exact) mass is 371 g/mol. The van der Waals surface area contributed by atoms with E-state index in [-0.39, 0.29) is 11.6 Å². The van der Waals surface area contributed by atoms with E-state index in [2.05, 4.69) is 10.3 Å². The van der Waals surface area contributed by atoms with E-state index in [1.165, 1.54) is 29.4 Å². The van der Waals surface area contributed by atoms with Crippen molar-refractivity contribution >= 4 is 23.0 Å². The number of nitrogens with zero attached hydrogens (tertiary/aromatic N) is 2. The molecular formula is C20H16F3N3O. The first kappa shape index (κ1) is 18.4. The summed E-state index contributed by atoms with van der Waals surface area (Å²) in [6.07, 6.45) is -1.56. The number of alkyl halides is 3. The third kappa shape index (κ3) is 4.44. The number of amides is 1. The number of benzene rings is 2. The van der Waals surface area contributed by atoms with Gasteiger partial charge < -0.3 is 10.2 Å². The zero-order chi connectivity index (χ0) is 19.4. The maximum atomic E-state index is 12.8. The Hall–Kier alpha value is -3.35. The van der Waals surface area contributed by atoms with E-state index >= 15 is 0 Å². The van der Waals surface area contributed by atoms with Crippen LogP contribution in [0.15, 0.2) is 73.1 Å². The van der Waals surface area contributed by atoms with Crippen LogP contribution in [-0.2, 0) is 6.18 Å². The molecule has 4 nitrogen and oxygen atoms in total. The number of halogens is 3. The average molecular weight is 371 g/mol. The normalized spacial score (nSPS) is 11.1. The molecule has 1 heterocycles. The highest BCUT2D eigenvalue weighted by Gasteiger charge is 2.30. The molecule has 1 aromatic heterocycles. The summed E-state index contributed by atoms with van der Waals surface area (Å²) in [5.41, 5.74) is 0.961. The van der Waals surface area contributed by atoms with Crippen molar-refractivity contribution in [3.8, 4) is 0 Å². The minimum absolute atomic E-state index is 0.257. The fraction of sp³-hybridized carbons (Fsp3) is 0.100. The van der Waals surface area contributed by atoms with Gasteiger partial charge in [-0.25, -0.2) is 0 Å². The second-order valence-electron chi connectivity index (χ2n) is 5.87. The van der Waals surface area contributed by atoms with Gasteiger partial charge in [-0.05, 0) is 36.4 Å². The lowest BCUT2D eigenvalue weighted by molar-refractivity contribution is -0.137. The molecule has 0 aliphatic carbocycles. The molecule has 0 radical (unpaired) electrons. The molecule has 0 saturated heterocycles. The summed E-state index contributed by atoms with van der Waals surface area (Å²) < 4.78 is 38.5. The van der Waals surface area contributed by atoms with Crippen LogP contribution in [0.4, 0.5) is 30.2 Å². The lowest BCUT2D eigenvalue weighted by Crippen LogP contribution is -2.26. The zero-order valence-electron chi connectivity index (χ0n) is 14.4. The molecule has 0 aliphatic heterocycles. The Morgan fingerprint density at radius 3 is 2.41 bits per heavy atom. The topological polar surface area (TPSA) is 45.2 Å². The number of hydrogen-bond donors (Lipinski definition) is 1. The summed E-state index contributed by atoms with van der Waals surface area (Å²) in [6.45, 7) is 0. The van der Waals surface area contributed by atoms with E-state index in [0.717, 1.165) is 17.8 Å². The van der Waals surface area contributed by atoms with Crippen molar-refractivity contribution in [2.75, 3.05) is 17.3 Å². The van der Waals surface area contributed by atoms with Crippen molar-refractivity contribution in [3.05, 3.63) is 84.2 Å². The number of carbonyl (C=O) groups is 1. The molecule has 0 saturated carbocycles. The number of pyridine rings is 1. The predicted molar refractivity (Wildman–Crippen MR) is 98.1 cm³/mol. The van der Waals surface area contributed by atoms with E-state index in [1.807, 2.05) is 18.2 Å². The van der Waals surface area contributed by atoms with Crippen LogP contribution in [-0.4, -0.2) is 17.9 Å². The van der Waals surface area contributed by atoms with E-state index in [9.17, 15) is 18.0 Å². The van der Waals surface area contributed by atoms with Crippen molar-refractivity contribution in [2.45, 2.75) is 6.18 Å². The van der Waals surface area contributed by atoms with E-state index in [4.69, 9.17) is 0 Å². The summed E-state index contributed by atoms with van der Waals surface area (Å²) in [4.78, 5) is 18.1. The van der Waals surface area contributed by atoms with Crippen LogP contribution in [0, 0.1) is 0 Å². The third-order valence-electron chi connectivity index (χ3n) is 3.91. The average Bonchev–Trinajstić information content (AvgIpc) is 2.67. The molecule has 1 N–H and O–H groups in total. The van der Waals surface area contributed by atoms with Crippen molar-refractivity contribution in [3.63, 3.8) is 0 Å². The fourth-order valence-corrected chi connectivity index (χ4v) is 2.53.